The van der Waals surface area contributed by atoms with Gasteiger partial charge in [0.1, 0.15) is 0 Å². The van der Waals surface area contributed by atoms with Gasteiger partial charge < -0.3 is 4.90 Å². The van der Waals surface area contributed by atoms with Crippen LogP contribution in [0.15, 0.2) is 17.1 Å². The van der Waals surface area contributed by atoms with Crippen LogP contribution >= 0.6 is 11.3 Å². The number of fused-ring (bicyclic) bond motifs is 2. The minimum absolute atomic E-state index is 0.263. The second-order valence-electron chi connectivity index (χ2n) is 8.75. The standard InChI is InChI=1S/C22H33N5OS/c1-5-9-27-16(3)17(11-24-27)12-26-19-7-8-20(26)22(6-2,10-19)21(28)25(4)13-18-14-29-15-23-18/h11,14-15,19-20H,5-10,12-13H2,1-4H3/t19-,20+,22+/m0/s1. The van der Waals surface area contributed by atoms with Gasteiger partial charge in [-0.3, -0.25) is 14.4 Å². The summed E-state index contributed by atoms with van der Waals surface area (Å²) < 4.78 is 2.12. The molecule has 3 atom stereocenters. The van der Waals surface area contributed by atoms with Gasteiger partial charge in [0.05, 0.1) is 29.4 Å². The SMILES string of the molecule is CCCn1ncc(CN2[C@H]3CC[C@@H]2[C@](CC)(C(=O)N(C)Cc2cscn2)C3)c1C. The smallest absolute Gasteiger partial charge is 0.230 e. The molecule has 6 nitrogen and oxygen atoms in total. The van der Waals surface area contributed by atoms with E-state index in [9.17, 15) is 4.79 Å². The van der Waals surface area contributed by atoms with Crippen molar-refractivity contribution in [3.05, 3.63) is 34.0 Å². The zero-order chi connectivity index (χ0) is 20.6. The van der Waals surface area contributed by atoms with Crippen molar-refractivity contribution in [3.63, 3.8) is 0 Å². The Labute approximate surface area is 177 Å². The fourth-order valence-electron chi connectivity index (χ4n) is 5.59. The van der Waals surface area contributed by atoms with Crippen LogP contribution in [0.1, 0.15) is 62.9 Å². The third-order valence-electron chi connectivity index (χ3n) is 7.16. The van der Waals surface area contributed by atoms with Gasteiger partial charge in [0.2, 0.25) is 5.91 Å². The van der Waals surface area contributed by atoms with E-state index in [1.807, 2.05) is 29.0 Å². The Kier molecular flexibility index (Phi) is 5.80. The molecule has 29 heavy (non-hydrogen) atoms. The van der Waals surface area contributed by atoms with Crippen LogP contribution in [0, 0.1) is 12.3 Å². The normalized spacial score (nSPS) is 26.3. The summed E-state index contributed by atoms with van der Waals surface area (Å²) >= 11 is 1.59. The second kappa shape index (κ2) is 8.19. The van der Waals surface area contributed by atoms with Crippen molar-refractivity contribution in [2.24, 2.45) is 5.41 Å². The van der Waals surface area contributed by atoms with Gasteiger partial charge in [0.15, 0.2) is 0 Å². The van der Waals surface area contributed by atoms with E-state index < -0.39 is 0 Å². The minimum Gasteiger partial charge on any atom is -0.339 e. The monoisotopic (exact) mass is 415 g/mol. The molecule has 158 valence electrons. The van der Waals surface area contributed by atoms with Crippen molar-refractivity contribution >= 4 is 17.2 Å². The van der Waals surface area contributed by atoms with Crippen molar-refractivity contribution < 1.29 is 4.79 Å². The van der Waals surface area contributed by atoms with E-state index in [0.29, 0.717) is 24.5 Å². The molecule has 2 fully saturated rings. The van der Waals surface area contributed by atoms with E-state index in [1.165, 1.54) is 17.7 Å². The third kappa shape index (κ3) is 3.52. The number of hydrogen-bond acceptors (Lipinski definition) is 5. The van der Waals surface area contributed by atoms with Gasteiger partial charge in [0, 0.05) is 48.9 Å². The number of aromatic nitrogens is 3. The van der Waals surface area contributed by atoms with Crippen LogP contribution in [0.25, 0.3) is 0 Å². The molecular formula is C22H33N5OS. The fourth-order valence-corrected chi connectivity index (χ4v) is 6.14. The topological polar surface area (TPSA) is 54.3 Å². The van der Waals surface area contributed by atoms with Gasteiger partial charge >= 0.3 is 0 Å². The van der Waals surface area contributed by atoms with Crippen molar-refractivity contribution in [3.8, 4) is 0 Å². The molecule has 2 bridgehead atoms. The summed E-state index contributed by atoms with van der Waals surface area (Å²) in [4.78, 5) is 22.5. The zero-order valence-corrected chi connectivity index (χ0v) is 18.9. The highest BCUT2D eigenvalue weighted by atomic mass is 32.1. The first-order valence-electron chi connectivity index (χ1n) is 10.9. The first-order chi connectivity index (χ1) is 14.0. The van der Waals surface area contributed by atoms with E-state index in [4.69, 9.17) is 0 Å². The summed E-state index contributed by atoms with van der Waals surface area (Å²) in [5.41, 5.74) is 5.14. The predicted molar refractivity (Wildman–Crippen MR) is 116 cm³/mol. The van der Waals surface area contributed by atoms with E-state index in [0.717, 1.165) is 44.5 Å². The number of carbonyl (C=O) groups is 1. The number of rotatable bonds is 8. The minimum atomic E-state index is -0.263. The highest BCUT2D eigenvalue weighted by molar-refractivity contribution is 7.07. The second-order valence-corrected chi connectivity index (χ2v) is 9.47. The number of amides is 1. The quantitative estimate of drug-likeness (QED) is 0.657. The Morgan fingerprint density at radius 3 is 2.90 bits per heavy atom. The molecule has 0 saturated carbocycles. The number of aryl methyl sites for hydroxylation is 1. The predicted octanol–water partition coefficient (Wildman–Crippen LogP) is 3.85. The molecule has 2 aromatic heterocycles. The molecule has 0 spiro atoms. The lowest BCUT2D eigenvalue weighted by Crippen LogP contribution is -2.49. The molecule has 0 radical (unpaired) electrons. The van der Waals surface area contributed by atoms with Gasteiger partial charge in [-0.2, -0.15) is 5.10 Å². The van der Waals surface area contributed by atoms with Gasteiger partial charge in [-0.15, -0.1) is 11.3 Å². The van der Waals surface area contributed by atoms with Gasteiger partial charge in [0.25, 0.3) is 0 Å². The van der Waals surface area contributed by atoms with E-state index in [2.05, 4.69) is 40.4 Å². The number of hydrogen-bond donors (Lipinski definition) is 0. The third-order valence-corrected chi connectivity index (χ3v) is 7.80. The first-order valence-corrected chi connectivity index (χ1v) is 11.8. The van der Waals surface area contributed by atoms with Crippen LogP contribution in [0.3, 0.4) is 0 Å². The highest BCUT2D eigenvalue weighted by Crippen LogP contribution is 2.53. The first kappa shape index (κ1) is 20.5. The maximum Gasteiger partial charge on any atom is 0.230 e. The molecule has 2 aliphatic heterocycles. The molecule has 2 saturated heterocycles. The molecule has 0 aromatic carbocycles. The summed E-state index contributed by atoms with van der Waals surface area (Å²) in [5, 5.41) is 6.62. The molecule has 0 N–H and O–H groups in total. The van der Waals surface area contributed by atoms with Gasteiger partial charge in [-0.05, 0) is 39.0 Å². The fraction of sp³-hybridized carbons (Fsp3) is 0.682. The number of nitrogens with zero attached hydrogens (tertiary/aromatic N) is 5. The van der Waals surface area contributed by atoms with Crippen LogP contribution < -0.4 is 0 Å². The molecule has 0 unspecified atom stereocenters. The maximum absolute atomic E-state index is 13.6. The van der Waals surface area contributed by atoms with Crippen molar-refractivity contribution in [1.29, 1.82) is 0 Å². The summed E-state index contributed by atoms with van der Waals surface area (Å²) in [7, 11) is 1.94. The number of carbonyl (C=O) groups excluding carboxylic acids is 1. The summed E-state index contributed by atoms with van der Waals surface area (Å²) in [6.07, 6.45) is 7.34. The summed E-state index contributed by atoms with van der Waals surface area (Å²) in [6.45, 7) is 9.04. The Bertz CT molecular complexity index is 848. The Balaban J connectivity index is 1.52. The number of thiazole rings is 1. The molecule has 2 aliphatic rings. The summed E-state index contributed by atoms with van der Waals surface area (Å²) in [6, 6.07) is 0.835. The molecular weight excluding hydrogens is 382 g/mol. The van der Waals surface area contributed by atoms with Crippen LogP contribution in [0.4, 0.5) is 0 Å². The molecule has 1 amide bonds. The molecule has 7 heteroatoms. The van der Waals surface area contributed by atoms with Crippen LogP contribution in [-0.4, -0.2) is 49.6 Å². The lowest BCUT2D eigenvalue weighted by Gasteiger charge is -2.38. The molecule has 4 rings (SSSR count). The lowest BCUT2D eigenvalue weighted by atomic mass is 9.71. The average molecular weight is 416 g/mol. The molecule has 4 heterocycles. The van der Waals surface area contributed by atoms with Gasteiger partial charge in [-0.25, -0.2) is 4.98 Å². The lowest BCUT2D eigenvalue weighted by molar-refractivity contribution is -0.143. The van der Waals surface area contributed by atoms with Crippen molar-refractivity contribution in [2.45, 2.75) is 84.6 Å². The Hall–Kier alpha value is -1.73. The van der Waals surface area contributed by atoms with E-state index in [1.54, 1.807) is 11.3 Å². The van der Waals surface area contributed by atoms with Gasteiger partial charge in [-0.1, -0.05) is 13.8 Å². The van der Waals surface area contributed by atoms with Crippen LogP contribution in [-0.2, 0) is 24.4 Å². The largest absolute Gasteiger partial charge is 0.339 e. The van der Waals surface area contributed by atoms with Crippen molar-refractivity contribution in [1.82, 2.24) is 24.6 Å². The summed E-state index contributed by atoms with van der Waals surface area (Å²) in [5.74, 6) is 0.295. The average Bonchev–Trinajstić information content (AvgIpc) is 3.50. The van der Waals surface area contributed by atoms with Crippen LogP contribution in [0.5, 0.6) is 0 Å². The maximum atomic E-state index is 13.6. The van der Waals surface area contributed by atoms with Crippen molar-refractivity contribution in [2.75, 3.05) is 7.05 Å². The molecule has 0 aliphatic carbocycles. The molecule has 2 aromatic rings. The Morgan fingerprint density at radius 1 is 1.38 bits per heavy atom. The van der Waals surface area contributed by atoms with E-state index >= 15 is 0 Å². The zero-order valence-electron chi connectivity index (χ0n) is 18.1. The van der Waals surface area contributed by atoms with E-state index in [-0.39, 0.29) is 5.41 Å². The van der Waals surface area contributed by atoms with Crippen LogP contribution in [0.2, 0.25) is 0 Å². The highest BCUT2D eigenvalue weighted by Gasteiger charge is 2.59. The Morgan fingerprint density at radius 2 is 2.21 bits per heavy atom.